The number of hydrogen-bond acceptors (Lipinski definition) is 15. The fourth-order valence-electron chi connectivity index (χ4n) is 17.7. The molecule has 0 saturated heterocycles. The molecule has 0 radical (unpaired) electrons. The molecule has 10 heterocycles. The summed E-state index contributed by atoms with van der Waals surface area (Å²) >= 11 is 24.1. The van der Waals surface area contributed by atoms with Gasteiger partial charge < -0.3 is 0 Å². The van der Waals surface area contributed by atoms with Gasteiger partial charge in [-0.15, -0.1) is 0 Å². The van der Waals surface area contributed by atoms with Crippen molar-refractivity contribution in [3.8, 4) is 0 Å². The highest BCUT2D eigenvalue weighted by molar-refractivity contribution is 6.30. The highest BCUT2D eigenvalue weighted by atomic mass is 35.5. The molecular weight excluding hydrogens is 1580 g/mol. The van der Waals surface area contributed by atoms with E-state index in [1.807, 2.05) is 84.8 Å². The zero-order valence-electron chi connectivity index (χ0n) is 68.4. The van der Waals surface area contributed by atoms with Crippen LogP contribution >= 0.6 is 46.4 Å². The second kappa shape index (κ2) is 36.4. The predicted molar refractivity (Wildman–Crippen MR) is 463 cm³/mol. The van der Waals surface area contributed by atoms with Gasteiger partial charge in [-0.1, -0.05) is 133 Å². The summed E-state index contributed by atoms with van der Waals surface area (Å²) in [6.45, 7) is 15.0. The highest BCUT2D eigenvalue weighted by Crippen LogP contribution is 2.62. The number of fused-ring (bicyclic) bond motifs is 7. The number of carbonyl (C=O) groups is 5. The van der Waals surface area contributed by atoms with E-state index in [1.165, 1.54) is 82.8 Å². The number of amides is 5. The van der Waals surface area contributed by atoms with Crippen LogP contribution in [0.15, 0.2) is 91.1 Å². The number of rotatable bonds is 20. The normalized spacial score (nSPS) is 19.2. The fraction of sp³-hybridized carbons (Fsp3) is 0.534. The molecule has 5 amide bonds. The Kier molecular flexibility index (Phi) is 25.8. The van der Waals surface area contributed by atoms with Crippen molar-refractivity contribution in [1.82, 2.24) is 72.7 Å². The molecule has 0 spiro atoms. The third-order valence-electron chi connectivity index (χ3n) is 25.2. The minimum absolute atomic E-state index is 0.00743. The van der Waals surface area contributed by atoms with Crippen molar-refractivity contribution < 1.29 is 28.4 Å². The first kappa shape index (κ1) is 83.8. The maximum absolute atomic E-state index is 13.0. The number of aromatic nitrogens is 15. The van der Waals surface area contributed by atoms with Gasteiger partial charge in [-0.05, 0) is 241 Å². The van der Waals surface area contributed by atoms with Crippen molar-refractivity contribution in [2.24, 2.45) is 40.4 Å². The van der Waals surface area contributed by atoms with Crippen LogP contribution in [0.5, 0.6) is 0 Å². The Morgan fingerprint density at radius 3 is 1.21 bits per heavy atom. The molecule has 0 aliphatic heterocycles. The van der Waals surface area contributed by atoms with Gasteiger partial charge in [0.25, 0.3) is 0 Å². The Hall–Kier alpha value is -9.24. The van der Waals surface area contributed by atoms with Crippen LogP contribution in [-0.4, -0.2) is 102 Å². The van der Waals surface area contributed by atoms with Crippen LogP contribution in [0.1, 0.15) is 258 Å². The molecule has 3 atom stereocenters. The van der Waals surface area contributed by atoms with Gasteiger partial charge in [-0.25, -0.2) is 54.2 Å². The van der Waals surface area contributed by atoms with Gasteiger partial charge in [0.2, 0.25) is 59.3 Å². The molecule has 10 aromatic heterocycles. The summed E-state index contributed by atoms with van der Waals surface area (Å²) in [5, 5.41) is 16.7. The quantitative estimate of drug-likeness (QED) is 0.0443. The summed E-state index contributed by atoms with van der Waals surface area (Å²) < 4.78 is 23.2. The van der Waals surface area contributed by atoms with Crippen molar-refractivity contribution in [2.45, 2.75) is 258 Å². The lowest BCUT2D eigenvalue weighted by Gasteiger charge is -2.60. The average Bonchev–Trinajstić information content (AvgIpc) is 1.26. The number of anilines is 5. The van der Waals surface area contributed by atoms with E-state index in [2.05, 4.69) is 99.4 Å². The molecule has 20 rings (SSSR count). The molecule has 9 aliphatic rings. The first-order chi connectivity index (χ1) is 56.7. The maximum atomic E-state index is 13.0. The van der Waals surface area contributed by atoms with E-state index in [9.17, 15) is 28.4 Å². The molecule has 30 heteroatoms. The largest absolute Gasteiger partial charge is 0.296 e. The van der Waals surface area contributed by atoms with E-state index in [4.69, 9.17) is 46.4 Å². The fourth-order valence-corrected chi connectivity index (χ4v) is 18.3. The molecule has 118 heavy (non-hydrogen) atoms. The molecule has 11 aromatic rings. The molecule has 624 valence electrons. The Labute approximate surface area is 706 Å². The summed E-state index contributed by atoms with van der Waals surface area (Å²) in [7, 11) is 0. The third-order valence-corrected chi connectivity index (χ3v) is 26.0. The van der Waals surface area contributed by atoms with Gasteiger partial charge >= 0.3 is 0 Å². The SMILES string of the molecule is CC(C)(C)CC(=O)Nc1nc2ccc(Cl)nc2n1C1CCC1.CC(C)CC(=O)Nc1nc2ccc(Cl)nc2n1C1CCC1.CC1(C)[C@H]2CC[C@@H](CC(=O)Nc3nc4cccnc4n3C3CCC3)[C@@H]1C2.O=C(CCC1CCCC1)Nc1nc2ccc(Cl)nc2n1C1CCC1.O=C(Cc1ccc(F)cc1)Nc1nc2ccc(Cl)nc2n1C1CCC1. The van der Waals surface area contributed by atoms with Crippen LogP contribution in [0.3, 0.4) is 0 Å². The number of halogens is 5. The lowest BCUT2D eigenvalue weighted by atomic mass is 9.45. The summed E-state index contributed by atoms with van der Waals surface area (Å²) in [5.41, 5.74) is 8.88. The molecule has 0 unspecified atom stereocenters. The smallest absolute Gasteiger partial charge is 0.231 e. The number of imidazole rings is 5. The van der Waals surface area contributed by atoms with Crippen molar-refractivity contribution >= 4 is 162 Å². The van der Waals surface area contributed by atoms with Crippen LogP contribution in [0.25, 0.3) is 55.8 Å². The number of pyridine rings is 5. The molecule has 1 aromatic carbocycles. The number of carbonyl (C=O) groups excluding carboxylic acids is 5. The van der Waals surface area contributed by atoms with Crippen LogP contribution < -0.4 is 26.6 Å². The minimum atomic E-state index is -0.320. The lowest BCUT2D eigenvalue weighted by Crippen LogP contribution is -2.52. The lowest BCUT2D eigenvalue weighted by molar-refractivity contribution is -0.129. The van der Waals surface area contributed by atoms with Crippen molar-refractivity contribution in [3.63, 3.8) is 0 Å². The number of nitrogens with zero attached hydrogens (tertiary/aromatic N) is 15. The summed E-state index contributed by atoms with van der Waals surface area (Å²) in [4.78, 5) is 107. The maximum Gasteiger partial charge on any atom is 0.231 e. The minimum Gasteiger partial charge on any atom is -0.296 e. The molecule has 25 nitrogen and oxygen atoms in total. The number of benzene rings is 1. The van der Waals surface area contributed by atoms with Crippen LogP contribution in [-0.2, 0) is 30.4 Å². The van der Waals surface area contributed by atoms with E-state index in [-0.39, 0.29) is 53.2 Å². The van der Waals surface area contributed by atoms with E-state index in [0.29, 0.717) is 135 Å². The van der Waals surface area contributed by atoms with E-state index in [0.717, 1.165) is 139 Å². The van der Waals surface area contributed by atoms with Crippen LogP contribution in [0.2, 0.25) is 20.6 Å². The zero-order valence-corrected chi connectivity index (χ0v) is 71.4. The molecule has 9 saturated carbocycles. The van der Waals surface area contributed by atoms with Gasteiger partial charge in [0.15, 0.2) is 28.2 Å². The van der Waals surface area contributed by atoms with Crippen molar-refractivity contribution in [1.29, 1.82) is 0 Å². The summed E-state index contributed by atoms with van der Waals surface area (Å²) in [6.07, 6.45) is 31.0. The first-order valence-electron chi connectivity index (χ1n) is 42.5. The molecule has 9 fully saturated rings. The van der Waals surface area contributed by atoms with Crippen molar-refractivity contribution in [2.75, 3.05) is 26.6 Å². The average molecular weight is 1690 g/mol. The summed E-state index contributed by atoms with van der Waals surface area (Å²) in [6, 6.07) is 25.8. The molecule has 9 aliphatic carbocycles. The first-order valence-corrected chi connectivity index (χ1v) is 44.0. The Bertz CT molecular complexity index is 5470. The van der Waals surface area contributed by atoms with Gasteiger partial charge in [0.05, 0.1) is 6.42 Å². The Morgan fingerprint density at radius 1 is 0.449 bits per heavy atom. The van der Waals surface area contributed by atoms with E-state index < -0.39 is 0 Å². The Morgan fingerprint density at radius 2 is 0.831 bits per heavy atom. The third kappa shape index (κ3) is 19.5. The van der Waals surface area contributed by atoms with Gasteiger partial charge in [0, 0.05) is 62.1 Å². The highest BCUT2D eigenvalue weighted by Gasteiger charge is 2.54. The van der Waals surface area contributed by atoms with Gasteiger partial charge in [-0.3, -0.25) is 73.4 Å². The van der Waals surface area contributed by atoms with Crippen LogP contribution in [0.4, 0.5) is 34.1 Å². The van der Waals surface area contributed by atoms with Gasteiger partial charge in [0.1, 0.15) is 54.0 Å². The van der Waals surface area contributed by atoms with Crippen LogP contribution in [0, 0.1) is 46.2 Å². The second-order valence-electron chi connectivity index (χ2n) is 35.7. The molecule has 5 N–H and O–H groups in total. The summed E-state index contributed by atoms with van der Waals surface area (Å²) in [5.74, 6) is 5.76. The zero-order chi connectivity index (χ0) is 82.7. The molecule has 2 bridgehead atoms. The standard InChI is InChI=1S/C21H28N4O.C18H16ClFN4O.C18H23ClN4O.C16H21ClN4O.C15H19ClN4O/c1-21(2)14-9-8-13(16(21)12-14)11-18(26)24-20-23-17-7-4-10-22-19(17)25(20)15-5-3-6-15;19-15-9-8-14-17(22-15)24(13-2-1-3-13)18(21-14)23-16(25)10-11-4-6-12(20)7-5-11;19-15-10-9-14-17(21-15)23(13-6-3-7-13)18(20-14)22-16(24)11-8-12-4-1-2-5-12;1-16(2,3)9-13(22)20-15-18-11-7-8-12(17)19-14(11)21(15)10-5-4-6-10;1-9(2)8-13(21)19-15-17-11-6-7-12(16)18-14(11)20(15)10-4-3-5-10/h4,7,10,13-16H,3,5-6,8-9,11-12H2,1-2H3,(H,23,24,26);4-9,13H,1-3,10H2,(H,21,23,25);9-10,12-13H,1-8,11H2,(H,20,22,24);7-8,10H,4-6,9H2,1-3H3,(H,18,20,22);6-7,9-10H,3-5,8H2,1-2H3,(H,17,19,21)/t13-,14-,16-;;;;/m0..../s1. The van der Waals surface area contributed by atoms with E-state index in [1.54, 1.807) is 42.5 Å². The predicted octanol–water partition coefficient (Wildman–Crippen LogP) is 21.4. The topological polar surface area (TPSA) is 299 Å². The number of nitrogens with one attached hydrogen (secondary N) is 5. The van der Waals surface area contributed by atoms with Crippen molar-refractivity contribution in [3.05, 3.63) is 123 Å². The second-order valence-corrected chi connectivity index (χ2v) is 37.2. The molecular formula is C88H107Cl4FN20O5. The van der Waals surface area contributed by atoms with E-state index >= 15 is 0 Å². The van der Waals surface area contributed by atoms with Gasteiger partial charge in [-0.2, -0.15) is 0 Å². The Balaban J connectivity index is 0.000000116. The monoisotopic (exact) mass is 1680 g/mol. The number of hydrogen-bond donors (Lipinski definition) is 5.